The van der Waals surface area contributed by atoms with Crippen LogP contribution in [0.2, 0.25) is 0 Å². The van der Waals surface area contributed by atoms with Gasteiger partial charge in [0, 0.05) is 5.56 Å². The Labute approximate surface area is 110 Å². The predicted octanol–water partition coefficient (Wildman–Crippen LogP) is 0.963. The van der Waals surface area contributed by atoms with Gasteiger partial charge in [-0.3, -0.25) is 4.79 Å². The molecule has 1 amide bonds. The standard InChI is InChI=1S/C13H11N3O3/c1-19-13(18)11-4-2-10(3-5-11)12(17)16(8-6-14)9-7-15/h2-5H,8-9H2,1H3. The summed E-state index contributed by atoms with van der Waals surface area (Å²) in [7, 11) is 1.27. The number of rotatable bonds is 4. The highest BCUT2D eigenvalue weighted by atomic mass is 16.5. The van der Waals surface area contributed by atoms with Crippen molar-refractivity contribution in [1.82, 2.24) is 4.90 Å². The van der Waals surface area contributed by atoms with Crippen molar-refractivity contribution in [2.24, 2.45) is 0 Å². The van der Waals surface area contributed by atoms with Gasteiger partial charge in [0.15, 0.2) is 0 Å². The second-order valence-electron chi connectivity index (χ2n) is 3.55. The molecule has 0 aliphatic heterocycles. The topological polar surface area (TPSA) is 94.2 Å². The van der Waals surface area contributed by atoms with E-state index in [1.165, 1.54) is 31.4 Å². The first-order chi connectivity index (χ1) is 9.13. The molecule has 0 fully saturated rings. The van der Waals surface area contributed by atoms with Crippen LogP contribution in [0.4, 0.5) is 0 Å². The van der Waals surface area contributed by atoms with E-state index < -0.39 is 11.9 Å². The van der Waals surface area contributed by atoms with Gasteiger partial charge in [-0.15, -0.1) is 0 Å². The van der Waals surface area contributed by atoms with Gasteiger partial charge in [-0.05, 0) is 24.3 Å². The highest BCUT2D eigenvalue weighted by Crippen LogP contribution is 2.08. The van der Waals surface area contributed by atoms with Crippen LogP contribution in [-0.2, 0) is 4.74 Å². The number of hydrogen-bond acceptors (Lipinski definition) is 5. The molecule has 0 saturated carbocycles. The fraction of sp³-hybridized carbons (Fsp3) is 0.231. The first kappa shape index (κ1) is 14.2. The molecular formula is C13H11N3O3. The Morgan fingerprint density at radius 2 is 1.58 bits per heavy atom. The van der Waals surface area contributed by atoms with Gasteiger partial charge < -0.3 is 9.64 Å². The van der Waals surface area contributed by atoms with Crippen molar-refractivity contribution in [3.05, 3.63) is 35.4 Å². The normalized spacial score (nSPS) is 9.00. The molecule has 0 N–H and O–H groups in total. The third kappa shape index (κ3) is 3.55. The number of carbonyl (C=O) groups excluding carboxylic acids is 2. The fourth-order valence-corrected chi connectivity index (χ4v) is 1.42. The lowest BCUT2D eigenvalue weighted by Gasteiger charge is -2.15. The van der Waals surface area contributed by atoms with Gasteiger partial charge in [0.1, 0.15) is 13.1 Å². The maximum atomic E-state index is 12.0. The van der Waals surface area contributed by atoms with Crippen LogP contribution in [-0.4, -0.2) is 37.0 Å². The molecule has 0 aromatic heterocycles. The van der Waals surface area contributed by atoms with Crippen LogP contribution in [0.1, 0.15) is 20.7 Å². The van der Waals surface area contributed by atoms with E-state index in [0.717, 1.165) is 4.90 Å². The lowest BCUT2D eigenvalue weighted by molar-refractivity contribution is 0.0600. The molecule has 0 saturated heterocycles. The van der Waals surface area contributed by atoms with Crippen LogP contribution in [0.5, 0.6) is 0 Å². The van der Waals surface area contributed by atoms with Crippen molar-refractivity contribution < 1.29 is 14.3 Å². The van der Waals surface area contributed by atoms with Crippen LogP contribution >= 0.6 is 0 Å². The maximum Gasteiger partial charge on any atom is 0.337 e. The Kier molecular flexibility index (Phi) is 5.06. The van der Waals surface area contributed by atoms with E-state index in [-0.39, 0.29) is 13.1 Å². The van der Waals surface area contributed by atoms with Crippen LogP contribution in [0.3, 0.4) is 0 Å². The van der Waals surface area contributed by atoms with Crippen LogP contribution in [0.25, 0.3) is 0 Å². The smallest absolute Gasteiger partial charge is 0.337 e. The average Bonchev–Trinajstić information content (AvgIpc) is 2.45. The molecule has 0 atom stereocenters. The third-order valence-electron chi connectivity index (χ3n) is 2.36. The van der Waals surface area contributed by atoms with E-state index >= 15 is 0 Å². The van der Waals surface area contributed by atoms with Crippen molar-refractivity contribution in [2.45, 2.75) is 0 Å². The van der Waals surface area contributed by atoms with Crippen LogP contribution < -0.4 is 0 Å². The highest BCUT2D eigenvalue weighted by Gasteiger charge is 2.15. The number of esters is 1. The minimum atomic E-state index is -0.495. The zero-order chi connectivity index (χ0) is 14.3. The van der Waals surface area contributed by atoms with E-state index in [4.69, 9.17) is 10.5 Å². The molecule has 1 rings (SSSR count). The number of hydrogen-bond donors (Lipinski definition) is 0. The number of amides is 1. The van der Waals surface area contributed by atoms with E-state index in [0.29, 0.717) is 11.1 Å². The van der Waals surface area contributed by atoms with E-state index in [1.807, 2.05) is 12.1 Å². The molecule has 0 heterocycles. The lowest BCUT2D eigenvalue weighted by atomic mass is 10.1. The number of nitriles is 2. The minimum absolute atomic E-state index is 0.162. The SMILES string of the molecule is COC(=O)c1ccc(C(=O)N(CC#N)CC#N)cc1. The summed E-state index contributed by atoms with van der Waals surface area (Å²) in [5.41, 5.74) is 0.629. The first-order valence-electron chi connectivity index (χ1n) is 5.35. The second kappa shape index (κ2) is 6.77. The third-order valence-corrected chi connectivity index (χ3v) is 2.36. The van der Waals surface area contributed by atoms with Gasteiger partial charge in [-0.2, -0.15) is 10.5 Å². The van der Waals surface area contributed by atoms with E-state index in [9.17, 15) is 9.59 Å². The Morgan fingerprint density at radius 3 is 2.00 bits per heavy atom. The summed E-state index contributed by atoms with van der Waals surface area (Å²) in [6.45, 7) is -0.323. The second-order valence-corrected chi connectivity index (χ2v) is 3.55. The van der Waals surface area contributed by atoms with Gasteiger partial charge in [0.25, 0.3) is 5.91 Å². The van der Waals surface area contributed by atoms with Crippen molar-refractivity contribution in [3.63, 3.8) is 0 Å². The maximum absolute atomic E-state index is 12.0. The summed E-state index contributed by atoms with van der Waals surface area (Å²) in [4.78, 5) is 24.3. The quantitative estimate of drug-likeness (QED) is 0.591. The van der Waals surface area contributed by atoms with E-state index in [2.05, 4.69) is 4.74 Å². The molecular weight excluding hydrogens is 246 g/mol. The first-order valence-corrected chi connectivity index (χ1v) is 5.35. The van der Waals surface area contributed by atoms with Crippen molar-refractivity contribution in [3.8, 4) is 12.1 Å². The summed E-state index contributed by atoms with van der Waals surface area (Å²) < 4.78 is 4.54. The van der Waals surface area contributed by atoms with Crippen molar-refractivity contribution >= 4 is 11.9 Å². The average molecular weight is 257 g/mol. The minimum Gasteiger partial charge on any atom is -0.465 e. The number of nitrogens with zero attached hydrogens (tertiary/aromatic N) is 3. The molecule has 0 aliphatic rings. The molecule has 0 unspecified atom stereocenters. The van der Waals surface area contributed by atoms with Crippen LogP contribution in [0, 0.1) is 22.7 Å². The zero-order valence-electron chi connectivity index (χ0n) is 10.3. The largest absolute Gasteiger partial charge is 0.465 e. The Bertz CT molecular complexity index is 536. The van der Waals surface area contributed by atoms with Gasteiger partial charge in [-0.1, -0.05) is 0 Å². The zero-order valence-corrected chi connectivity index (χ0v) is 10.3. The van der Waals surface area contributed by atoms with E-state index in [1.54, 1.807) is 0 Å². The summed E-state index contributed by atoms with van der Waals surface area (Å²) >= 11 is 0. The Balaban J connectivity index is 2.91. The Morgan fingerprint density at radius 1 is 1.11 bits per heavy atom. The molecule has 0 bridgehead atoms. The van der Waals surface area contributed by atoms with Gasteiger partial charge in [0.05, 0.1) is 24.8 Å². The monoisotopic (exact) mass is 257 g/mol. The summed E-state index contributed by atoms with van der Waals surface area (Å²) in [6.07, 6.45) is 0. The number of ether oxygens (including phenoxy) is 1. The number of methoxy groups -OCH3 is 1. The number of carbonyl (C=O) groups is 2. The molecule has 1 aromatic carbocycles. The number of benzene rings is 1. The molecule has 0 aliphatic carbocycles. The van der Waals surface area contributed by atoms with Crippen molar-refractivity contribution in [2.75, 3.05) is 20.2 Å². The van der Waals surface area contributed by atoms with Gasteiger partial charge >= 0.3 is 5.97 Å². The molecule has 0 spiro atoms. The van der Waals surface area contributed by atoms with Gasteiger partial charge in [-0.25, -0.2) is 4.79 Å². The Hall–Kier alpha value is -2.86. The van der Waals surface area contributed by atoms with Crippen molar-refractivity contribution in [1.29, 1.82) is 10.5 Å². The molecule has 96 valence electrons. The molecule has 6 nitrogen and oxygen atoms in total. The van der Waals surface area contributed by atoms with Gasteiger partial charge in [0.2, 0.25) is 0 Å². The van der Waals surface area contributed by atoms with Crippen LogP contribution in [0.15, 0.2) is 24.3 Å². The summed E-state index contributed by atoms with van der Waals surface area (Å²) in [5, 5.41) is 17.2. The predicted molar refractivity (Wildman–Crippen MR) is 64.9 cm³/mol. The molecule has 6 heteroatoms. The summed E-state index contributed by atoms with van der Waals surface area (Å²) in [6, 6.07) is 9.46. The lowest BCUT2D eigenvalue weighted by Crippen LogP contribution is -2.31. The molecule has 1 aromatic rings. The summed E-state index contributed by atoms with van der Waals surface area (Å²) in [5.74, 6) is -0.926. The highest BCUT2D eigenvalue weighted by molar-refractivity contribution is 5.96. The molecule has 0 radical (unpaired) electrons. The molecule has 19 heavy (non-hydrogen) atoms. The fourth-order valence-electron chi connectivity index (χ4n) is 1.42.